The molecule has 192 valence electrons. The topological polar surface area (TPSA) is 77.6 Å². The fourth-order valence-electron chi connectivity index (χ4n) is 5.12. The van der Waals surface area contributed by atoms with Gasteiger partial charge < -0.3 is 15.1 Å². The van der Waals surface area contributed by atoms with Crippen LogP contribution in [0, 0.1) is 5.82 Å². The third kappa shape index (κ3) is 4.66. The SMILES string of the molecule is O=C(Nc1nccs1)C(c1ccccc1)N1Cc2ccc(-c3ccc(N4CCNCC4)cc3F)cc2C1=O. The predicted molar refractivity (Wildman–Crippen MR) is 147 cm³/mol. The first-order valence-corrected chi connectivity index (χ1v) is 13.4. The molecule has 1 fully saturated rings. The summed E-state index contributed by atoms with van der Waals surface area (Å²) in [7, 11) is 0. The third-order valence-electron chi connectivity index (χ3n) is 7.03. The van der Waals surface area contributed by atoms with Crippen LogP contribution >= 0.6 is 11.3 Å². The molecule has 9 heteroatoms. The fraction of sp³-hybridized carbons (Fsp3) is 0.207. The van der Waals surface area contributed by atoms with E-state index in [1.165, 1.54) is 11.3 Å². The molecule has 2 aliphatic rings. The van der Waals surface area contributed by atoms with Crippen molar-refractivity contribution >= 4 is 34.0 Å². The molecule has 7 nitrogen and oxygen atoms in total. The van der Waals surface area contributed by atoms with E-state index in [4.69, 9.17) is 0 Å². The van der Waals surface area contributed by atoms with Gasteiger partial charge in [0.05, 0.1) is 0 Å². The minimum Gasteiger partial charge on any atom is -0.369 e. The zero-order valence-corrected chi connectivity index (χ0v) is 21.4. The van der Waals surface area contributed by atoms with E-state index in [0.717, 1.165) is 37.4 Å². The lowest BCUT2D eigenvalue weighted by atomic mass is 9.99. The molecule has 2 N–H and O–H groups in total. The number of thiazole rings is 1. The number of halogens is 1. The van der Waals surface area contributed by atoms with Gasteiger partial charge in [-0.1, -0.05) is 42.5 Å². The van der Waals surface area contributed by atoms with Gasteiger partial charge in [-0.05, 0) is 41.0 Å². The fourth-order valence-corrected chi connectivity index (χ4v) is 5.66. The second-order valence-corrected chi connectivity index (χ2v) is 10.2. The first-order valence-electron chi connectivity index (χ1n) is 12.5. The van der Waals surface area contributed by atoms with Gasteiger partial charge in [0.25, 0.3) is 11.8 Å². The van der Waals surface area contributed by atoms with E-state index in [2.05, 4.69) is 20.5 Å². The minimum atomic E-state index is -0.835. The number of piperazine rings is 1. The number of nitrogens with one attached hydrogen (secondary N) is 2. The van der Waals surface area contributed by atoms with Crippen LogP contribution in [0.4, 0.5) is 15.2 Å². The Labute approximate surface area is 223 Å². The minimum absolute atomic E-state index is 0.261. The van der Waals surface area contributed by atoms with Crippen LogP contribution in [0.5, 0.6) is 0 Å². The number of carbonyl (C=O) groups excluding carboxylic acids is 2. The number of carbonyl (C=O) groups is 2. The Morgan fingerprint density at radius 3 is 2.58 bits per heavy atom. The highest BCUT2D eigenvalue weighted by atomic mass is 32.1. The van der Waals surface area contributed by atoms with Crippen molar-refractivity contribution in [1.29, 1.82) is 0 Å². The number of rotatable bonds is 6. The smallest absolute Gasteiger partial charge is 0.255 e. The van der Waals surface area contributed by atoms with Gasteiger partial charge in [-0.3, -0.25) is 14.9 Å². The largest absolute Gasteiger partial charge is 0.369 e. The van der Waals surface area contributed by atoms with Crippen LogP contribution in [0.2, 0.25) is 0 Å². The zero-order chi connectivity index (χ0) is 26.1. The summed E-state index contributed by atoms with van der Waals surface area (Å²) in [5.74, 6) is -0.918. The van der Waals surface area contributed by atoms with Crippen molar-refractivity contribution in [1.82, 2.24) is 15.2 Å². The van der Waals surface area contributed by atoms with Gasteiger partial charge in [-0.2, -0.15) is 0 Å². The summed E-state index contributed by atoms with van der Waals surface area (Å²) in [5, 5.41) is 8.40. The molecule has 0 spiro atoms. The Balaban J connectivity index is 1.29. The van der Waals surface area contributed by atoms with E-state index in [0.29, 0.717) is 27.4 Å². The molecule has 38 heavy (non-hydrogen) atoms. The van der Waals surface area contributed by atoms with Gasteiger partial charge in [0, 0.05) is 61.1 Å². The molecule has 0 radical (unpaired) electrons. The molecule has 1 saturated heterocycles. The highest BCUT2D eigenvalue weighted by Crippen LogP contribution is 2.36. The molecule has 2 aliphatic heterocycles. The summed E-state index contributed by atoms with van der Waals surface area (Å²) >= 11 is 1.32. The second-order valence-electron chi connectivity index (χ2n) is 9.35. The molecular weight excluding hydrogens is 501 g/mol. The summed E-state index contributed by atoms with van der Waals surface area (Å²) < 4.78 is 15.3. The third-order valence-corrected chi connectivity index (χ3v) is 7.71. The number of anilines is 2. The molecule has 1 aromatic heterocycles. The van der Waals surface area contributed by atoms with Crippen LogP contribution in [-0.4, -0.2) is 47.9 Å². The summed E-state index contributed by atoms with van der Waals surface area (Å²) in [6.45, 7) is 3.70. The Bertz CT molecular complexity index is 1470. The van der Waals surface area contributed by atoms with Crippen LogP contribution in [0.1, 0.15) is 27.5 Å². The molecular formula is C29H26FN5O2S. The number of hydrogen-bond acceptors (Lipinski definition) is 6. The highest BCUT2D eigenvalue weighted by Gasteiger charge is 2.38. The average Bonchev–Trinajstić information content (AvgIpc) is 3.57. The molecule has 0 aliphatic carbocycles. The number of hydrogen-bond donors (Lipinski definition) is 2. The standard InChI is InChI=1S/C29H26FN5O2S/c30-25-17-22(34-13-10-31-11-14-34)8-9-23(25)20-6-7-21-18-35(28(37)24(21)16-20)26(19-4-2-1-3-5-19)27(36)33-29-32-12-15-38-29/h1-9,12,15-17,26,31H,10-11,13-14,18H2,(H,32,33,36). The van der Waals surface area contributed by atoms with Crippen molar-refractivity contribution < 1.29 is 14.0 Å². The summed E-state index contributed by atoms with van der Waals surface area (Å²) in [6, 6.07) is 19.1. The Morgan fingerprint density at radius 1 is 1.03 bits per heavy atom. The molecule has 1 atom stereocenters. The quantitative estimate of drug-likeness (QED) is 0.380. The summed E-state index contributed by atoms with van der Waals surface area (Å²) in [5.41, 5.74) is 3.92. The number of fused-ring (bicyclic) bond motifs is 1. The lowest BCUT2D eigenvalue weighted by Gasteiger charge is -2.29. The Hall–Kier alpha value is -4.08. The van der Waals surface area contributed by atoms with E-state index < -0.39 is 6.04 Å². The molecule has 1 unspecified atom stereocenters. The first kappa shape index (κ1) is 24.3. The normalized spacial score (nSPS) is 15.9. The zero-order valence-electron chi connectivity index (χ0n) is 20.6. The van der Waals surface area contributed by atoms with Crippen LogP contribution in [0.3, 0.4) is 0 Å². The lowest BCUT2D eigenvalue weighted by molar-refractivity contribution is -0.120. The molecule has 3 aromatic carbocycles. The molecule has 0 saturated carbocycles. The van der Waals surface area contributed by atoms with Crippen molar-refractivity contribution in [3.8, 4) is 11.1 Å². The van der Waals surface area contributed by atoms with E-state index >= 15 is 4.39 Å². The Kier molecular flexibility index (Phi) is 6.61. The van der Waals surface area contributed by atoms with E-state index in [-0.39, 0.29) is 24.2 Å². The van der Waals surface area contributed by atoms with Gasteiger partial charge in [0.2, 0.25) is 0 Å². The first-order chi connectivity index (χ1) is 18.6. The van der Waals surface area contributed by atoms with E-state index in [9.17, 15) is 9.59 Å². The number of benzene rings is 3. The van der Waals surface area contributed by atoms with E-state index in [1.54, 1.807) is 34.7 Å². The predicted octanol–water partition coefficient (Wildman–Crippen LogP) is 4.69. The second kappa shape index (κ2) is 10.4. The molecule has 4 aromatic rings. The maximum atomic E-state index is 15.3. The van der Waals surface area contributed by atoms with Gasteiger partial charge in [0.15, 0.2) is 5.13 Å². The van der Waals surface area contributed by atoms with Crippen molar-refractivity contribution in [3.63, 3.8) is 0 Å². The summed E-state index contributed by atoms with van der Waals surface area (Å²) in [6.07, 6.45) is 1.62. The van der Waals surface area contributed by atoms with Crippen molar-refractivity contribution in [2.45, 2.75) is 12.6 Å². The number of nitrogens with zero attached hydrogens (tertiary/aromatic N) is 3. The van der Waals surface area contributed by atoms with Crippen molar-refractivity contribution in [2.75, 3.05) is 36.4 Å². The van der Waals surface area contributed by atoms with Crippen LogP contribution in [0.25, 0.3) is 11.1 Å². The maximum Gasteiger partial charge on any atom is 0.255 e. The van der Waals surface area contributed by atoms with Gasteiger partial charge >= 0.3 is 0 Å². The van der Waals surface area contributed by atoms with Gasteiger partial charge in [0.1, 0.15) is 11.9 Å². The lowest BCUT2D eigenvalue weighted by Crippen LogP contribution is -2.43. The number of aromatic nitrogens is 1. The monoisotopic (exact) mass is 527 g/mol. The van der Waals surface area contributed by atoms with Gasteiger partial charge in [-0.15, -0.1) is 11.3 Å². The molecule has 6 rings (SSSR count). The molecule has 3 heterocycles. The van der Waals surface area contributed by atoms with Gasteiger partial charge in [-0.25, -0.2) is 9.37 Å². The van der Waals surface area contributed by atoms with Crippen LogP contribution in [0.15, 0.2) is 78.3 Å². The molecule has 2 amide bonds. The van der Waals surface area contributed by atoms with Crippen LogP contribution < -0.4 is 15.5 Å². The highest BCUT2D eigenvalue weighted by molar-refractivity contribution is 7.13. The Morgan fingerprint density at radius 2 is 1.84 bits per heavy atom. The summed E-state index contributed by atoms with van der Waals surface area (Å²) in [4.78, 5) is 34.9. The van der Waals surface area contributed by atoms with Crippen molar-refractivity contribution in [2.24, 2.45) is 0 Å². The average molecular weight is 528 g/mol. The molecule has 0 bridgehead atoms. The maximum absolute atomic E-state index is 15.3. The number of amides is 2. The van der Waals surface area contributed by atoms with Crippen LogP contribution in [-0.2, 0) is 11.3 Å². The van der Waals surface area contributed by atoms with E-state index in [1.807, 2.05) is 48.5 Å². The van der Waals surface area contributed by atoms with Crippen molar-refractivity contribution in [3.05, 3.63) is 101 Å².